The summed E-state index contributed by atoms with van der Waals surface area (Å²) in [7, 11) is -1.96. The van der Waals surface area contributed by atoms with Crippen LogP contribution in [-0.2, 0) is 10.0 Å². The van der Waals surface area contributed by atoms with Gasteiger partial charge in [0.25, 0.3) is 10.0 Å². The SMILES string of the molecule is CN(CCN)S(=O)(=O)c1cc(Cl)c(Br)s1. The zero-order valence-electron chi connectivity index (χ0n) is 7.91. The van der Waals surface area contributed by atoms with Gasteiger partial charge >= 0.3 is 0 Å². The van der Waals surface area contributed by atoms with Gasteiger partial charge in [0, 0.05) is 20.1 Å². The number of nitrogens with two attached hydrogens (primary N) is 1. The molecule has 0 aromatic carbocycles. The van der Waals surface area contributed by atoms with Crippen molar-refractivity contribution in [3.63, 3.8) is 0 Å². The smallest absolute Gasteiger partial charge is 0.252 e. The maximum atomic E-state index is 11.9. The molecule has 1 aromatic heterocycles. The molecule has 0 saturated heterocycles. The van der Waals surface area contributed by atoms with Crippen molar-refractivity contribution in [2.24, 2.45) is 5.73 Å². The number of hydrogen-bond donors (Lipinski definition) is 1. The second-order valence-corrected chi connectivity index (χ2v) is 7.85. The number of sulfonamides is 1. The molecule has 0 atom stereocenters. The van der Waals surface area contributed by atoms with E-state index in [9.17, 15) is 8.42 Å². The maximum absolute atomic E-state index is 11.9. The lowest BCUT2D eigenvalue weighted by Gasteiger charge is -2.14. The third kappa shape index (κ3) is 2.92. The predicted molar refractivity (Wildman–Crippen MR) is 65.9 cm³/mol. The van der Waals surface area contributed by atoms with E-state index in [4.69, 9.17) is 17.3 Å². The van der Waals surface area contributed by atoms with E-state index in [1.807, 2.05) is 0 Å². The Labute approximate surface area is 106 Å². The molecule has 4 nitrogen and oxygen atoms in total. The number of likely N-dealkylation sites (N-methyl/N-ethyl adjacent to an activating group) is 1. The molecule has 0 spiro atoms. The van der Waals surface area contributed by atoms with Gasteiger partial charge in [0.15, 0.2) is 0 Å². The van der Waals surface area contributed by atoms with Gasteiger partial charge in [-0.15, -0.1) is 11.3 Å². The van der Waals surface area contributed by atoms with Gasteiger partial charge < -0.3 is 5.73 Å². The van der Waals surface area contributed by atoms with E-state index in [0.29, 0.717) is 8.81 Å². The number of halogens is 2. The molecular weight excluding hydrogens is 324 g/mol. The Morgan fingerprint density at radius 2 is 2.27 bits per heavy atom. The van der Waals surface area contributed by atoms with Crippen molar-refractivity contribution in [2.45, 2.75) is 4.21 Å². The average molecular weight is 334 g/mol. The Kier molecular flexibility index (Phi) is 4.57. The van der Waals surface area contributed by atoms with Crippen LogP contribution in [0.1, 0.15) is 0 Å². The molecule has 8 heteroatoms. The second kappa shape index (κ2) is 5.11. The number of nitrogens with zero attached hydrogens (tertiary/aromatic N) is 1. The van der Waals surface area contributed by atoms with E-state index < -0.39 is 10.0 Å². The van der Waals surface area contributed by atoms with E-state index in [1.54, 1.807) is 0 Å². The first-order valence-corrected chi connectivity index (χ1v) is 7.43. The zero-order valence-corrected chi connectivity index (χ0v) is 11.9. The highest BCUT2D eigenvalue weighted by molar-refractivity contribution is 9.11. The van der Waals surface area contributed by atoms with E-state index in [1.165, 1.54) is 17.4 Å². The van der Waals surface area contributed by atoms with Crippen LogP contribution in [0, 0.1) is 0 Å². The first kappa shape index (κ1) is 13.4. The van der Waals surface area contributed by atoms with Crippen LogP contribution in [0.25, 0.3) is 0 Å². The highest BCUT2D eigenvalue weighted by Crippen LogP contribution is 2.35. The first-order valence-electron chi connectivity index (χ1n) is 4.01. The lowest BCUT2D eigenvalue weighted by Crippen LogP contribution is -2.31. The zero-order chi connectivity index (χ0) is 11.6. The highest BCUT2D eigenvalue weighted by atomic mass is 79.9. The molecule has 0 radical (unpaired) electrons. The van der Waals surface area contributed by atoms with Gasteiger partial charge in [-0.3, -0.25) is 0 Å². The lowest BCUT2D eigenvalue weighted by atomic mass is 10.7. The van der Waals surface area contributed by atoms with Gasteiger partial charge in [0.1, 0.15) is 4.21 Å². The van der Waals surface area contributed by atoms with Crippen LogP contribution in [0.4, 0.5) is 0 Å². The minimum absolute atomic E-state index is 0.218. The van der Waals surface area contributed by atoms with Crippen LogP contribution in [0.15, 0.2) is 14.1 Å². The maximum Gasteiger partial charge on any atom is 0.252 e. The van der Waals surface area contributed by atoms with Gasteiger partial charge in [-0.05, 0) is 22.0 Å². The largest absolute Gasteiger partial charge is 0.329 e. The van der Waals surface area contributed by atoms with Gasteiger partial charge in [-0.1, -0.05) is 11.6 Å². The summed E-state index contributed by atoms with van der Waals surface area (Å²) in [6, 6.07) is 1.43. The summed E-state index contributed by atoms with van der Waals surface area (Å²) in [5.41, 5.74) is 5.30. The molecule has 0 bridgehead atoms. The van der Waals surface area contributed by atoms with Crippen molar-refractivity contribution in [3.8, 4) is 0 Å². The van der Waals surface area contributed by atoms with Crippen molar-refractivity contribution >= 4 is 48.9 Å². The molecule has 1 heterocycles. The minimum Gasteiger partial charge on any atom is -0.329 e. The molecule has 1 rings (SSSR count). The fourth-order valence-electron chi connectivity index (χ4n) is 0.909. The summed E-state index contributed by atoms with van der Waals surface area (Å²) in [5.74, 6) is 0. The van der Waals surface area contributed by atoms with Gasteiger partial charge in [-0.2, -0.15) is 4.31 Å². The molecule has 0 amide bonds. The predicted octanol–water partition coefficient (Wildman–Crippen LogP) is 1.74. The van der Waals surface area contributed by atoms with Crippen LogP contribution >= 0.6 is 38.9 Å². The van der Waals surface area contributed by atoms with Gasteiger partial charge in [0.2, 0.25) is 0 Å². The monoisotopic (exact) mass is 332 g/mol. The second-order valence-electron chi connectivity index (χ2n) is 2.80. The molecule has 0 aliphatic heterocycles. The van der Waals surface area contributed by atoms with Crippen molar-refractivity contribution in [3.05, 3.63) is 14.9 Å². The normalized spacial score (nSPS) is 12.3. The summed E-state index contributed by atoms with van der Waals surface area (Å²) < 4.78 is 25.8. The van der Waals surface area contributed by atoms with Gasteiger partial charge in [-0.25, -0.2) is 8.42 Å². The average Bonchev–Trinajstić information content (AvgIpc) is 2.48. The van der Waals surface area contributed by atoms with Crippen LogP contribution < -0.4 is 5.73 Å². The molecule has 0 aliphatic carbocycles. The molecule has 15 heavy (non-hydrogen) atoms. The Hall–Kier alpha value is 0.340. The Balaban J connectivity index is 3.06. The third-order valence-electron chi connectivity index (χ3n) is 1.73. The Morgan fingerprint density at radius 3 is 2.67 bits per heavy atom. The van der Waals surface area contributed by atoms with E-state index in [-0.39, 0.29) is 17.3 Å². The Morgan fingerprint density at radius 1 is 1.67 bits per heavy atom. The summed E-state index contributed by atoms with van der Waals surface area (Å²) >= 11 is 10.0. The summed E-state index contributed by atoms with van der Waals surface area (Å²) in [6.07, 6.45) is 0. The van der Waals surface area contributed by atoms with Gasteiger partial charge in [0.05, 0.1) is 8.81 Å². The summed E-state index contributed by atoms with van der Waals surface area (Å²) in [6.45, 7) is 0.575. The number of hydrogen-bond acceptors (Lipinski definition) is 4. The number of thiophene rings is 1. The van der Waals surface area contributed by atoms with E-state index in [2.05, 4.69) is 15.9 Å². The van der Waals surface area contributed by atoms with Crippen molar-refractivity contribution in [1.82, 2.24) is 4.31 Å². The summed E-state index contributed by atoms with van der Waals surface area (Å²) in [5, 5.41) is 0.403. The molecule has 2 N–H and O–H groups in total. The topological polar surface area (TPSA) is 63.4 Å². The fraction of sp³-hybridized carbons (Fsp3) is 0.429. The third-order valence-corrected chi connectivity index (χ3v) is 6.51. The molecule has 0 saturated carbocycles. The molecule has 0 unspecified atom stereocenters. The Bertz CT molecular complexity index is 426. The number of rotatable bonds is 4. The molecule has 1 aromatic rings. The van der Waals surface area contributed by atoms with Crippen LogP contribution in [-0.4, -0.2) is 32.9 Å². The van der Waals surface area contributed by atoms with Crippen molar-refractivity contribution in [2.75, 3.05) is 20.1 Å². The minimum atomic E-state index is -3.45. The van der Waals surface area contributed by atoms with Crippen molar-refractivity contribution in [1.29, 1.82) is 0 Å². The standard InChI is InChI=1S/C7H10BrClN2O2S2/c1-11(3-2-10)15(12,13)6-4-5(9)7(8)14-6/h4H,2-3,10H2,1H3. The molecule has 86 valence electrons. The summed E-state index contributed by atoms with van der Waals surface area (Å²) in [4.78, 5) is 0. The first-order chi connectivity index (χ1) is 6.89. The molecular formula is C7H10BrClN2O2S2. The quantitative estimate of drug-likeness (QED) is 0.913. The van der Waals surface area contributed by atoms with Crippen LogP contribution in [0.3, 0.4) is 0 Å². The lowest BCUT2D eigenvalue weighted by molar-refractivity contribution is 0.478. The van der Waals surface area contributed by atoms with Crippen LogP contribution in [0.2, 0.25) is 5.02 Å². The van der Waals surface area contributed by atoms with E-state index in [0.717, 1.165) is 11.3 Å². The van der Waals surface area contributed by atoms with Crippen LogP contribution in [0.5, 0.6) is 0 Å². The molecule has 0 aliphatic rings. The molecule has 0 fully saturated rings. The highest BCUT2D eigenvalue weighted by Gasteiger charge is 2.23. The van der Waals surface area contributed by atoms with Crippen molar-refractivity contribution < 1.29 is 8.42 Å². The van der Waals surface area contributed by atoms with E-state index >= 15 is 0 Å². The fourth-order valence-corrected chi connectivity index (χ4v) is 4.71.